The third-order valence-corrected chi connectivity index (χ3v) is 28.3. The van der Waals surface area contributed by atoms with E-state index in [0.29, 0.717) is 130 Å². The predicted molar refractivity (Wildman–Crippen MR) is 423 cm³/mol. The first-order valence-electron chi connectivity index (χ1n) is 38.2. The Labute approximate surface area is 704 Å². The summed E-state index contributed by atoms with van der Waals surface area (Å²) in [6, 6.07) is 29.2. The van der Waals surface area contributed by atoms with Crippen molar-refractivity contribution in [3.05, 3.63) is 193 Å². The van der Waals surface area contributed by atoms with Crippen LogP contribution in [0.3, 0.4) is 0 Å². The number of carbonyl (C=O) groups is 3. The Kier molecular flexibility index (Phi) is 31.6. The smallest absolute Gasteiger partial charge is 1.00 e. The molecule has 31 heteroatoms. The number of thioether (sulfide) groups is 2. The number of likely N-dealkylation sites (tertiary alicyclic amines) is 2. The second-order valence-electron chi connectivity index (χ2n) is 30.0. The molecule has 9 heterocycles. The Balaban J connectivity index is 0.000000174. The molecule has 0 spiro atoms. The first-order chi connectivity index (χ1) is 53.7. The van der Waals surface area contributed by atoms with Gasteiger partial charge in [0.25, 0.3) is 10.1 Å². The number of nitrogens with zero attached hydrogens (tertiary/aromatic N) is 2. The van der Waals surface area contributed by atoms with E-state index in [2.05, 4.69) is 5.32 Å². The monoisotopic (exact) mass is 1720 g/mol. The van der Waals surface area contributed by atoms with Crippen molar-refractivity contribution in [2.75, 3.05) is 120 Å². The van der Waals surface area contributed by atoms with Gasteiger partial charge in [0.05, 0.1) is 62.5 Å². The van der Waals surface area contributed by atoms with Gasteiger partial charge in [0, 0.05) is 138 Å². The van der Waals surface area contributed by atoms with Crippen molar-refractivity contribution < 1.29 is 121 Å². The fraction of sp³-hybridized carbons (Fsp3) is 0.524. The summed E-state index contributed by atoms with van der Waals surface area (Å²) in [7, 11) is -6.80. The third kappa shape index (κ3) is 21.9. The van der Waals surface area contributed by atoms with Crippen molar-refractivity contribution in [2.45, 2.75) is 131 Å². The van der Waals surface area contributed by atoms with Gasteiger partial charge in [0.2, 0.25) is 17.7 Å². The summed E-state index contributed by atoms with van der Waals surface area (Å²) >= 11 is 21.8. The molecule has 0 aliphatic carbocycles. The predicted octanol–water partition coefficient (Wildman–Crippen LogP) is 12.0. The summed E-state index contributed by atoms with van der Waals surface area (Å²) in [6.07, 6.45) is 9.10. The minimum atomic E-state index is -3.42. The van der Waals surface area contributed by atoms with Gasteiger partial charge in [0.15, 0.2) is 34.7 Å². The molecule has 9 atom stereocenters. The SMILES string of the molecule is CS(=O)(=O)OCCCSCC[C@@H]1OCC[C@@]2(Cc3ccc(Cl)cc3)c3c(F)ccc(F)c3OC[C@@H]12.O=C1CCN1.O=C1CCN1CCCS(=O)(=O)CC[C@@H]1OCC[C@@]2(Cc3ccc(Cl)cc3)c3c(F)ccc(F)c3OC[C@@H]12.O=C1CCN1CCCSCC[C@@H]1OCC[C@@]2(Cc3ccc(Cl)cc3)c3c(F)ccc(F)c3OC[C@@H]12.[H-].[Na+]. The summed E-state index contributed by atoms with van der Waals surface area (Å²) in [5, 5.41) is 4.42. The van der Waals surface area contributed by atoms with Crippen LogP contribution in [0.4, 0.5) is 26.3 Å². The number of fused-ring (bicyclic) bond motifs is 9. The average molecular weight is 1720 g/mol. The zero-order chi connectivity index (χ0) is 79.4. The van der Waals surface area contributed by atoms with Crippen LogP contribution in [0.1, 0.15) is 112 Å². The molecule has 6 aromatic carbocycles. The quantitative estimate of drug-likeness (QED) is 0.0160. The van der Waals surface area contributed by atoms with E-state index in [0.717, 1.165) is 116 Å². The van der Waals surface area contributed by atoms with Crippen LogP contribution in [0, 0.1) is 52.7 Å². The molecule has 1 N–H and O–H groups in total. The summed E-state index contributed by atoms with van der Waals surface area (Å²) in [5.74, 6) is 0.117. The van der Waals surface area contributed by atoms with Crippen LogP contribution in [0.5, 0.6) is 17.2 Å². The Morgan fingerprint density at radius 1 is 0.487 bits per heavy atom. The fourth-order valence-electron chi connectivity index (χ4n) is 17.1. The van der Waals surface area contributed by atoms with Crippen molar-refractivity contribution in [1.29, 1.82) is 0 Å². The van der Waals surface area contributed by atoms with Gasteiger partial charge in [0.1, 0.15) is 27.3 Å². The second-order valence-corrected chi connectivity index (χ2v) is 37.7. The molecule has 6 saturated heterocycles. The van der Waals surface area contributed by atoms with Gasteiger partial charge in [-0.15, -0.1) is 0 Å². The standard InChI is InChI=1S/C27H30ClF2NO5S.C27H30ClF2NO3S.C25H29ClF2O5S2.C3H5NO.Na.H/c28-19-4-2-18(3-5-19)16-27-10-13-35-23(9-15-37(33,34)14-1-11-31-12-8-24(31)32)20(27)17-36-26-22(30)7-6-21(29)25(26)27;28-19-4-2-18(3-5-19)16-27-10-13-33-23(9-15-35-14-1-11-31-12-8-24(31)32)20(27)17-34-26-22(30)7-6-21(29)25(26)27;1-35(29,30)33-11-2-13-34-14-9-22-19-16-32-24-21(28)8-7-20(27)23(24)25(19,10-12-31-22)15-17-3-5-18(26)6-4-17;5-3-1-2-4-3;;/h2-7,20,23H,1,8-17H2;2-7,20,23H,1,8-17H2;3-8,19,22H,2,9-16H2,1H3;1-2H2,(H,4,5);;/q;;;;+1;-1/t2*20-,23-,27-;19-,22-,25-;;;/m000.../s1. The van der Waals surface area contributed by atoms with Crippen LogP contribution in [0.15, 0.2) is 109 Å². The number of rotatable bonds is 28. The molecule has 15 rings (SSSR count). The number of sulfone groups is 1. The first kappa shape index (κ1) is 88.8. The molecular formula is C82H95Cl3F6N3NaO14S4. The maximum Gasteiger partial charge on any atom is 1.00 e. The molecule has 9 aliphatic heterocycles. The van der Waals surface area contributed by atoms with Gasteiger partial charge >= 0.3 is 29.6 Å². The minimum Gasteiger partial charge on any atom is -1.00 e. The van der Waals surface area contributed by atoms with Gasteiger partial charge < -0.3 is 45.0 Å². The van der Waals surface area contributed by atoms with Crippen LogP contribution < -0.4 is 49.1 Å². The van der Waals surface area contributed by atoms with Crippen molar-refractivity contribution in [3.63, 3.8) is 0 Å². The number of carbonyl (C=O) groups excluding carboxylic acids is 3. The van der Waals surface area contributed by atoms with E-state index < -0.39 is 77.2 Å². The second kappa shape index (κ2) is 40.2. The molecule has 17 nitrogen and oxygen atoms in total. The van der Waals surface area contributed by atoms with Crippen LogP contribution >= 0.6 is 58.3 Å². The molecule has 0 bridgehead atoms. The minimum absolute atomic E-state index is 0. The maximum atomic E-state index is 15.4. The van der Waals surface area contributed by atoms with Crippen LogP contribution in [-0.2, 0) is 88.2 Å². The van der Waals surface area contributed by atoms with Crippen LogP contribution in [-0.4, -0.2) is 182 Å². The molecule has 0 aromatic heterocycles. The molecule has 0 unspecified atom stereocenters. The zero-order valence-corrected chi connectivity index (χ0v) is 70.9. The van der Waals surface area contributed by atoms with Gasteiger partial charge in [-0.1, -0.05) is 71.2 Å². The fourth-order valence-corrected chi connectivity index (χ4v) is 21.1. The molecule has 6 fully saturated rings. The van der Waals surface area contributed by atoms with Crippen molar-refractivity contribution in [1.82, 2.24) is 15.1 Å². The molecular weight excluding hydrogens is 1620 g/mol. The number of benzene rings is 6. The Bertz CT molecular complexity index is 4520. The Hall–Kier alpha value is -4.98. The van der Waals surface area contributed by atoms with E-state index in [-0.39, 0.29) is 139 Å². The maximum absolute atomic E-state index is 15.4. The normalized spacial score (nSPS) is 24.4. The average Bonchev–Trinajstić information content (AvgIpc) is 0.734. The van der Waals surface area contributed by atoms with Gasteiger partial charge in [-0.3, -0.25) is 18.6 Å². The van der Waals surface area contributed by atoms with E-state index in [4.69, 9.17) is 67.4 Å². The third-order valence-electron chi connectivity index (χ3n) is 23.0. The molecule has 6 aromatic rings. The number of ether oxygens (including phenoxy) is 6. The number of hydrogen-bond acceptors (Lipinski definition) is 16. The van der Waals surface area contributed by atoms with Gasteiger partial charge in [-0.2, -0.15) is 31.9 Å². The Morgan fingerprint density at radius 2 is 0.832 bits per heavy atom. The summed E-state index contributed by atoms with van der Waals surface area (Å²) in [6.45, 7) is 5.76. The number of hydrogen-bond donors (Lipinski definition) is 1. The summed E-state index contributed by atoms with van der Waals surface area (Å²) in [5.41, 5.74) is 1.71. The molecule has 9 aliphatic rings. The first-order valence-corrected chi connectivity index (χ1v) is 45.3. The molecule has 113 heavy (non-hydrogen) atoms. The van der Waals surface area contributed by atoms with Gasteiger partial charge in [-0.05, 0) is 190 Å². The number of β-lactam (4-membered cyclic amide) rings is 3. The largest absolute Gasteiger partial charge is 1.00 e. The van der Waals surface area contributed by atoms with E-state index in [1.54, 1.807) is 28.8 Å². The van der Waals surface area contributed by atoms with Crippen molar-refractivity contribution >= 4 is 96.0 Å². The zero-order valence-electron chi connectivity index (χ0n) is 64.3. The van der Waals surface area contributed by atoms with E-state index >= 15 is 13.2 Å². The van der Waals surface area contributed by atoms with E-state index in [9.17, 15) is 44.4 Å². The van der Waals surface area contributed by atoms with E-state index in [1.807, 2.05) is 77.3 Å². The molecule has 3 amide bonds. The Morgan fingerprint density at radius 3 is 1.16 bits per heavy atom. The molecule has 0 saturated carbocycles. The number of amides is 3. The van der Waals surface area contributed by atoms with Crippen LogP contribution in [0.2, 0.25) is 15.1 Å². The number of halogens is 9. The topological polar surface area (TPSA) is 203 Å². The summed E-state index contributed by atoms with van der Waals surface area (Å²) < 4.78 is 179. The molecule has 0 radical (unpaired) electrons. The van der Waals surface area contributed by atoms with E-state index in [1.165, 1.54) is 12.1 Å². The molecule has 610 valence electrons. The van der Waals surface area contributed by atoms with Gasteiger partial charge in [-0.25, -0.2) is 34.8 Å². The van der Waals surface area contributed by atoms with Crippen molar-refractivity contribution in [2.24, 2.45) is 17.8 Å². The number of nitrogens with one attached hydrogen (secondary N) is 1. The van der Waals surface area contributed by atoms with Crippen LogP contribution in [0.25, 0.3) is 0 Å². The van der Waals surface area contributed by atoms with Crippen molar-refractivity contribution in [3.8, 4) is 17.2 Å². The summed E-state index contributed by atoms with van der Waals surface area (Å²) in [4.78, 5) is 36.2.